The molecule has 0 aromatic heterocycles. The lowest BCUT2D eigenvalue weighted by molar-refractivity contribution is 0.522. The van der Waals surface area contributed by atoms with Gasteiger partial charge in [-0.2, -0.15) is 0 Å². The van der Waals surface area contributed by atoms with Gasteiger partial charge in [-0.3, -0.25) is 5.09 Å². The molecule has 0 aliphatic rings. The molecule has 2 aromatic rings. The third-order valence-electron chi connectivity index (χ3n) is 4.01. The fraction of sp³-hybridized carbons (Fsp3) is 0.368. The van der Waals surface area contributed by atoms with Gasteiger partial charge < -0.3 is 4.57 Å². The Morgan fingerprint density at radius 2 is 1.45 bits per heavy atom. The number of hydrogen-bond acceptors (Lipinski definition) is 1. The summed E-state index contributed by atoms with van der Waals surface area (Å²) in [5.41, 5.74) is 1.19. The van der Waals surface area contributed by atoms with Crippen molar-refractivity contribution in [1.82, 2.24) is 5.09 Å². The third-order valence-corrected chi connectivity index (χ3v) is 7.60. The Kier molecular flexibility index (Phi) is 5.26. The molecule has 0 amide bonds. The smallest absolute Gasteiger partial charge is 0.181 e. The van der Waals surface area contributed by atoms with Crippen LogP contribution in [0.2, 0.25) is 0 Å². The van der Waals surface area contributed by atoms with Crippen molar-refractivity contribution in [3.63, 3.8) is 0 Å². The molecule has 0 saturated carbocycles. The van der Waals surface area contributed by atoms with Crippen molar-refractivity contribution < 1.29 is 4.57 Å². The second kappa shape index (κ2) is 6.81. The van der Waals surface area contributed by atoms with Crippen LogP contribution in [0.3, 0.4) is 0 Å². The first-order valence-corrected chi connectivity index (χ1v) is 9.57. The summed E-state index contributed by atoms with van der Waals surface area (Å²) in [6, 6.07) is 20.2. The summed E-state index contributed by atoms with van der Waals surface area (Å²) in [5.74, 6) is 0. The summed E-state index contributed by atoms with van der Waals surface area (Å²) >= 11 is 0. The zero-order valence-electron chi connectivity index (χ0n) is 13.9. The number of rotatable bonds is 5. The van der Waals surface area contributed by atoms with Gasteiger partial charge in [-0.25, -0.2) is 0 Å². The molecule has 0 bridgehead atoms. The van der Waals surface area contributed by atoms with Crippen molar-refractivity contribution in [3.05, 3.63) is 66.2 Å². The number of benzene rings is 2. The molecule has 22 heavy (non-hydrogen) atoms. The maximum Gasteiger partial charge on any atom is 0.181 e. The molecular formula is C19H26NOP. The third kappa shape index (κ3) is 3.51. The van der Waals surface area contributed by atoms with E-state index in [9.17, 15) is 4.57 Å². The monoisotopic (exact) mass is 315 g/mol. The van der Waals surface area contributed by atoms with Crippen molar-refractivity contribution in [2.24, 2.45) is 0 Å². The quantitative estimate of drug-likeness (QED) is 0.775. The van der Waals surface area contributed by atoms with Gasteiger partial charge in [0.1, 0.15) is 0 Å². The molecule has 3 heteroatoms. The van der Waals surface area contributed by atoms with E-state index in [4.69, 9.17) is 0 Å². The minimum absolute atomic E-state index is 0.0893. The molecule has 0 radical (unpaired) electrons. The van der Waals surface area contributed by atoms with Gasteiger partial charge in [0.05, 0.1) is 0 Å². The Bertz CT molecular complexity index is 631. The largest absolute Gasteiger partial charge is 0.301 e. The fourth-order valence-electron chi connectivity index (χ4n) is 2.60. The summed E-state index contributed by atoms with van der Waals surface area (Å²) in [6.45, 7) is 8.27. The van der Waals surface area contributed by atoms with Crippen molar-refractivity contribution >= 4 is 12.6 Å². The second-order valence-electron chi connectivity index (χ2n) is 6.62. The molecule has 0 aliphatic carbocycles. The van der Waals surface area contributed by atoms with Crippen molar-refractivity contribution in [1.29, 1.82) is 0 Å². The molecule has 0 spiro atoms. The Balaban J connectivity index is 2.42. The van der Waals surface area contributed by atoms with Gasteiger partial charge in [0, 0.05) is 16.5 Å². The first-order chi connectivity index (χ1) is 10.4. The van der Waals surface area contributed by atoms with Crippen LogP contribution in [0, 0.1) is 0 Å². The number of hydrogen-bond donors (Lipinski definition) is 1. The van der Waals surface area contributed by atoms with Crippen LogP contribution >= 0.6 is 7.29 Å². The van der Waals surface area contributed by atoms with Gasteiger partial charge in [0.15, 0.2) is 7.29 Å². The lowest BCUT2D eigenvalue weighted by Crippen LogP contribution is -2.34. The molecular weight excluding hydrogens is 289 g/mol. The molecule has 0 aliphatic heterocycles. The van der Waals surface area contributed by atoms with Gasteiger partial charge in [-0.05, 0) is 12.0 Å². The molecule has 2 rings (SSSR count). The van der Waals surface area contributed by atoms with Crippen LogP contribution in [0.5, 0.6) is 0 Å². The van der Waals surface area contributed by atoms with Gasteiger partial charge in [-0.15, -0.1) is 0 Å². The molecule has 0 fully saturated rings. The van der Waals surface area contributed by atoms with Crippen molar-refractivity contribution in [2.75, 3.05) is 0 Å². The SMILES string of the molecule is CCC(NP(=O)(c1ccccc1)C(C)(C)C)c1ccccc1. The Morgan fingerprint density at radius 3 is 1.91 bits per heavy atom. The van der Waals surface area contributed by atoms with E-state index in [1.165, 1.54) is 5.56 Å². The van der Waals surface area contributed by atoms with Crippen molar-refractivity contribution in [3.8, 4) is 0 Å². The zero-order chi connectivity index (χ0) is 16.2. The van der Waals surface area contributed by atoms with Gasteiger partial charge >= 0.3 is 0 Å². The predicted octanol–water partition coefficient (Wildman–Crippen LogP) is 5.13. The van der Waals surface area contributed by atoms with E-state index in [2.05, 4.69) is 24.1 Å². The Morgan fingerprint density at radius 1 is 0.955 bits per heavy atom. The van der Waals surface area contributed by atoms with Crippen LogP contribution in [0.25, 0.3) is 0 Å². The fourth-order valence-corrected chi connectivity index (χ4v) is 5.27. The topological polar surface area (TPSA) is 29.1 Å². The molecule has 2 aromatic carbocycles. The molecule has 2 unspecified atom stereocenters. The molecule has 2 nitrogen and oxygen atoms in total. The highest BCUT2D eigenvalue weighted by Gasteiger charge is 2.39. The van der Waals surface area contributed by atoms with Crippen LogP contribution in [0.4, 0.5) is 0 Å². The summed E-state index contributed by atoms with van der Waals surface area (Å²) in [5, 5.41) is 4.07. The normalized spacial score (nSPS) is 16.0. The molecule has 1 N–H and O–H groups in total. The summed E-state index contributed by atoms with van der Waals surface area (Å²) < 4.78 is 13.9. The maximum absolute atomic E-state index is 13.9. The molecule has 0 saturated heterocycles. The number of nitrogens with one attached hydrogen (secondary N) is 1. The molecule has 118 valence electrons. The van der Waals surface area contributed by atoms with E-state index < -0.39 is 7.29 Å². The van der Waals surface area contributed by atoms with E-state index in [0.717, 1.165) is 11.7 Å². The summed E-state index contributed by atoms with van der Waals surface area (Å²) in [6.07, 6.45) is 0.900. The highest BCUT2D eigenvalue weighted by molar-refractivity contribution is 7.71. The van der Waals surface area contributed by atoms with Gasteiger partial charge in [-0.1, -0.05) is 88.4 Å². The molecule has 0 heterocycles. The van der Waals surface area contributed by atoms with E-state index in [1.807, 2.05) is 69.3 Å². The highest BCUT2D eigenvalue weighted by Crippen LogP contribution is 2.54. The van der Waals surface area contributed by atoms with Crippen molar-refractivity contribution in [2.45, 2.75) is 45.3 Å². The highest BCUT2D eigenvalue weighted by atomic mass is 31.2. The Hall–Kier alpha value is -1.37. The minimum Gasteiger partial charge on any atom is -0.301 e. The van der Waals surface area contributed by atoms with Crippen LogP contribution < -0.4 is 10.4 Å². The molecule has 2 atom stereocenters. The van der Waals surface area contributed by atoms with E-state index >= 15 is 0 Å². The first kappa shape index (κ1) is 17.0. The van der Waals surface area contributed by atoms with Crippen LogP contribution in [-0.2, 0) is 4.57 Å². The minimum atomic E-state index is -2.74. The Labute approximate surface area is 134 Å². The van der Waals surface area contributed by atoms with Crippen LogP contribution in [-0.4, -0.2) is 5.16 Å². The van der Waals surface area contributed by atoms with Crippen LogP contribution in [0.15, 0.2) is 60.7 Å². The van der Waals surface area contributed by atoms with E-state index in [0.29, 0.717) is 0 Å². The second-order valence-corrected chi connectivity index (χ2v) is 9.95. The maximum atomic E-state index is 13.9. The average Bonchev–Trinajstić information content (AvgIpc) is 2.53. The van der Waals surface area contributed by atoms with Gasteiger partial charge in [0.2, 0.25) is 0 Å². The van der Waals surface area contributed by atoms with E-state index in [-0.39, 0.29) is 11.2 Å². The van der Waals surface area contributed by atoms with Crippen LogP contribution in [0.1, 0.15) is 45.7 Å². The summed E-state index contributed by atoms with van der Waals surface area (Å²) in [4.78, 5) is 0. The van der Waals surface area contributed by atoms with Gasteiger partial charge in [0.25, 0.3) is 0 Å². The average molecular weight is 315 g/mol. The predicted molar refractivity (Wildman–Crippen MR) is 96.0 cm³/mol. The summed E-state index contributed by atoms with van der Waals surface area (Å²) in [7, 11) is -2.74. The zero-order valence-corrected chi connectivity index (χ0v) is 14.8. The standard InChI is InChI=1S/C19H26NOP/c1-5-18(16-12-8-6-9-13-16)20-22(21,19(2,3)4)17-14-10-7-11-15-17/h6-15,18H,5H2,1-4H3,(H,20,21). The lowest BCUT2D eigenvalue weighted by Gasteiger charge is -2.35. The lowest BCUT2D eigenvalue weighted by atomic mass is 10.1. The van der Waals surface area contributed by atoms with E-state index in [1.54, 1.807) is 0 Å². The first-order valence-electron chi connectivity index (χ1n) is 7.87.